The molecule has 0 bridgehead atoms. The number of hydrogen-bond acceptors (Lipinski definition) is 11. The van der Waals surface area contributed by atoms with Gasteiger partial charge in [-0.25, -0.2) is 9.97 Å². The molecular formula is C50H67Cl2N9O4. The largest absolute Gasteiger partial charge is 0.411 e. The third-order valence-electron chi connectivity index (χ3n) is 13.1. The van der Waals surface area contributed by atoms with E-state index < -0.39 is 0 Å². The molecule has 2 aromatic carbocycles. The Balaban J connectivity index is 0.000000237. The molecule has 13 nitrogen and oxygen atoms in total. The first-order chi connectivity index (χ1) is 30.5. The summed E-state index contributed by atoms with van der Waals surface area (Å²) in [6.07, 6.45) is 10.1. The van der Waals surface area contributed by atoms with Crippen molar-refractivity contribution in [3.05, 3.63) is 117 Å². The summed E-state index contributed by atoms with van der Waals surface area (Å²) >= 11 is 11.9. The Hall–Kier alpha value is -5.08. The molecule has 4 aromatic rings. The molecule has 0 radical (unpaired) electrons. The van der Waals surface area contributed by atoms with E-state index >= 15 is 0 Å². The lowest BCUT2D eigenvalue weighted by molar-refractivity contribution is -0.139. The van der Waals surface area contributed by atoms with Crippen LogP contribution in [0.4, 0.5) is 11.6 Å². The fourth-order valence-electron chi connectivity index (χ4n) is 9.48. The number of amides is 2. The Kier molecular flexibility index (Phi) is 19.1. The number of hydrogen-bond donors (Lipinski definition) is 3. The molecule has 4 aliphatic heterocycles. The van der Waals surface area contributed by atoms with Crippen molar-refractivity contribution in [3.8, 4) is 0 Å². The van der Waals surface area contributed by atoms with Crippen LogP contribution in [0, 0.1) is 23.7 Å². The number of carbonyl (C=O) groups excluding carboxylic acids is 3. The number of piperidine rings is 4. The number of benzene rings is 2. The zero-order valence-electron chi connectivity index (χ0n) is 35.8. The maximum atomic E-state index is 13.1. The number of nitrogen functional groups attached to an aromatic ring is 2. The molecule has 5 N–H and O–H groups in total. The Morgan fingerprint density at radius 2 is 0.923 bits per heavy atom. The van der Waals surface area contributed by atoms with E-state index in [9.17, 15) is 19.6 Å². The molecule has 350 valence electrons. The molecule has 4 saturated heterocycles. The van der Waals surface area contributed by atoms with Gasteiger partial charge in [-0.15, -0.1) is 0 Å². The zero-order valence-corrected chi connectivity index (χ0v) is 37.3. The van der Waals surface area contributed by atoms with Gasteiger partial charge < -0.3 is 26.5 Å². The predicted molar refractivity (Wildman–Crippen MR) is 261 cm³/mol. The Morgan fingerprint density at radius 1 is 0.554 bits per heavy atom. The molecule has 0 atom stereocenters. The lowest BCUT2D eigenvalue weighted by Gasteiger charge is -2.37. The lowest BCUT2D eigenvalue weighted by Crippen LogP contribution is -2.46. The van der Waals surface area contributed by atoms with Gasteiger partial charge in [-0.2, -0.15) is 0 Å². The van der Waals surface area contributed by atoms with Crippen LogP contribution in [0.25, 0.3) is 0 Å². The van der Waals surface area contributed by atoms with E-state index in [0.717, 1.165) is 107 Å². The van der Waals surface area contributed by atoms with Gasteiger partial charge in [0.1, 0.15) is 11.6 Å². The number of halogens is 2. The summed E-state index contributed by atoms with van der Waals surface area (Å²) in [5.41, 5.74) is 16.1. The Bertz CT molecular complexity index is 2180. The maximum Gasteiger partial charge on any atom is 0.225 e. The van der Waals surface area contributed by atoms with Gasteiger partial charge >= 0.3 is 0 Å². The van der Waals surface area contributed by atoms with Crippen LogP contribution in [0.5, 0.6) is 0 Å². The first-order valence-electron chi connectivity index (χ1n) is 22.2. The summed E-state index contributed by atoms with van der Waals surface area (Å²) in [6, 6.07) is 22.2. The third kappa shape index (κ3) is 14.0. The van der Waals surface area contributed by atoms with Gasteiger partial charge in [0.25, 0.3) is 0 Å². The summed E-state index contributed by atoms with van der Waals surface area (Å²) in [5.74, 6) is 2.07. The summed E-state index contributed by atoms with van der Waals surface area (Å²) in [7, 11) is 0. The number of pyridine rings is 2. The average Bonchev–Trinajstić information content (AvgIpc) is 3.30. The van der Waals surface area contributed by atoms with Crippen molar-refractivity contribution in [2.75, 3.05) is 63.8 Å². The van der Waals surface area contributed by atoms with Gasteiger partial charge in [0, 0.05) is 90.9 Å². The van der Waals surface area contributed by atoms with Crippen molar-refractivity contribution in [2.45, 2.75) is 79.3 Å². The third-order valence-corrected chi connectivity index (χ3v) is 13.6. The first-order valence-corrected chi connectivity index (χ1v) is 23.0. The molecule has 0 unspecified atom stereocenters. The summed E-state index contributed by atoms with van der Waals surface area (Å²) in [6.45, 7) is 8.05. The van der Waals surface area contributed by atoms with Crippen LogP contribution < -0.4 is 11.5 Å². The Labute approximate surface area is 395 Å². The number of likely N-dealkylation sites (tertiary alicyclic amines) is 4. The summed E-state index contributed by atoms with van der Waals surface area (Å²) < 4.78 is 0. The normalized spacial score (nSPS) is 18.5. The van der Waals surface area contributed by atoms with E-state index in [1.165, 1.54) is 0 Å². The van der Waals surface area contributed by atoms with Gasteiger partial charge in [-0.05, 0) is 155 Å². The second kappa shape index (κ2) is 24.4. The number of Topliss-reactive ketones (excluding diaryl/α,β-unsaturated/α-hetero) is 1. The molecule has 2 amide bonds. The Morgan fingerprint density at radius 3 is 1.31 bits per heavy atom. The average molecular weight is 929 g/mol. The SMILES string of the molecule is C.C.Nc1cc(CN2CCC(C(=O)N3CCC(C(=NO)c4ccc(Cl)cc4)CC3)CC2)ccn1.Nc1cc(CN2CCC(C(=O)N3CCC(C(=O)c4ccc(Cl)cc4)CC3)CC2)ccn1. The quantitative estimate of drug-likeness (QED) is 0.0605. The van der Waals surface area contributed by atoms with Crippen LogP contribution in [-0.4, -0.2) is 110 Å². The number of aromatic nitrogens is 2. The van der Waals surface area contributed by atoms with Crippen LogP contribution in [0.2, 0.25) is 10.0 Å². The molecule has 2 aromatic heterocycles. The van der Waals surface area contributed by atoms with E-state index in [0.29, 0.717) is 59.1 Å². The fourth-order valence-corrected chi connectivity index (χ4v) is 9.73. The number of carbonyl (C=O) groups is 3. The smallest absolute Gasteiger partial charge is 0.225 e. The lowest BCUT2D eigenvalue weighted by atomic mass is 9.87. The van der Waals surface area contributed by atoms with E-state index in [2.05, 4.69) is 24.9 Å². The van der Waals surface area contributed by atoms with E-state index in [1.54, 1.807) is 48.8 Å². The maximum absolute atomic E-state index is 13.1. The minimum atomic E-state index is -0.0140. The highest BCUT2D eigenvalue weighted by molar-refractivity contribution is 6.31. The molecule has 8 rings (SSSR count). The minimum absolute atomic E-state index is 0. The number of nitrogens with zero attached hydrogens (tertiary/aromatic N) is 7. The number of ketones is 1. The van der Waals surface area contributed by atoms with Gasteiger partial charge in [-0.1, -0.05) is 55.3 Å². The molecule has 6 heterocycles. The number of nitrogens with two attached hydrogens (primary N) is 2. The monoisotopic (exact) mass is 927 g/mol. The highest BCUT2D eigenvalue weighted by atomic mass is 35.5. The fraction of sp³-hybridized carbons (Fsp3) is 0.480. The molecule has 4 fully saturated rings. The van der Waals surface area contributed by atoms with Crippen molar-refractivity contribution < 1.29 is 19.6 Å². The van der Waals surface area contributed by atoms with Gasteiger partial charge in [0.05, 0.1) is 5.71 Å². The standard InChI is InChI=1S/C24H30ClN5O2.C24H29ClN4O2.2CH4/c25-21-3-1-18(2-4-21)23(28-32)19-8-13-30(14-9-19)24(31)20-6-11-29(12-7-20)16-17-5-10-27-22(26)15-17;25-21-3-1-18(2-4-21)23(30)19-8-13-29(14-9-19)24(31)20-6-11-28(12-7-20)16-17-5-10-27-22(26)15-17;;/h1-5,10,15,19-20,32H,6-9,11-14,16H2,(H2,26,27);1-5,10,15,19-20H,6-9,11-14,16H2,(H2,26,27);2*1H4. The highest BCUT2D eigenvalue weighted by Crippen LogP contribution is 2.29. The van der Waals surface area contributed by atoms with Crippen LogP contribution in [0.15, 0.2) is 90.3 Å². The molecule has 0 saturated carbocycles. The number of anilines is 2. The number of rotatable bonds is 10. The minimum Gasteiger partial charge on any atom is -0.411 e. The summed E-state index contributed by atoms with van der Waals surface area (Å²) in [4.78, 5) is 55.7. The molecule has 0 aliphatic carbocycles. The topological polar surface area (TPSA) is 175 Å². The van der Waals surface area contributed by atoms with Crippen molar-refractivity contribution in [3.63, 3.8) is 0 Å². The van der Waals surface area contributed by atoms with E-state index in [4.69, 9.17) is 34.7 Å². The van der Waals surface area contributed by atoms with Gasteiger partial charge in [-0.3, -0.25) is 24.2 Å². The molecule has 4 aliphatic rings. The van der Waals surface area contributed by atoms with Gasteiger partial charge in [0.2, 0.25) is 11.8 Å². The molecule has 65 heavy (non-hydrogen) atoms. The van der Waals surface area contributed by atoms with E-state index in [-0.39, 0.29) is 56.1 Å². The highest BCUT2D eigenvalue weighted by Gasteiger charge is 2.34. The van der Waals surface area contributed by atoms with Crippen molar-refractivity contribution in [1.29, 1.82) is 0 Å². The van der Waals surface area contributed by atoms with Crippen LogP contribution in [0.3, 0.4) is 0 Å². The number of oxime groups is 1. The summed E-state index contributed by atoms with van der Waals surface area (Å²) in [5, 5.41) is 14.4. The molecule has 0 spiro atoms. The molecule has 15 heteroatoms. The predicted octanol–water partition coefficient (Wildman–Crippen LogP) is 8.57. The van der Waals surface area contributed by atoms with Crippen molar-refractivity contribution in [2.24, 2.45) is 28.8 Å². The second-order valence-corrected chi connectivity index (χ2v) is 18.2. The van der Waals surface area contributed by atoms with Crippen LogP contribution >= 0.6 is 23.2 Å². The zero-order chi connectivity index (χ0) is 44.3. The van der Waals surface area contributed by atoms with Crippen LogP contribution in [-0.2, 0) is 22.7 Å². The van der Waals surface area contributed by atoms with Crippen molar-refractivity contribution >= 4 is 58.1 Å². The van der Waals surface area contributed by atoms with Gasteiger partial charge in [0.15, 0.2) is 5.78 Å². The van der Waals surface area contributed by atoms with Crippen LogP contribution in [0.1, 0.15) is 93.3 Å². The second-order valence-electron chi connectivity index (χ2n) is 17.3. The van der Waals surface area contributed by atoms with Crippen molar-refractivity contribution in [1.82, 2.24) is 29.6 Å². The van der Waals surface area contributed by atoms with E-state index in [1.807, 2.05) is 46.2 Å². The first kappa shape index (κ1) is 50.9. The molecular weight excluding hydrogens is 862 g/mol.